The van der Waals surface area contributed by atoms with Crippen LogP contribution in [-0.2, 0) is 9.53 Å². The van der Waals surface area contributed by atoms with Crippen molar-refractivity contribution in [3.63, 3.8) is 0 Å². The van der Waals surface area contributed by atoms with Crippen molar-refractivity contribution in [2.45, 2.75) is 31.8 Å². The molecule has 1 amide bonds. The van der Waals surface area contributed by atoms with Crippen LogP contribution >= 0.6 is 0 Å². The fraction of sp³-hybridized carbons (Fsp3) is 0.538. The van der Waals surface area contributed by atoms with Crippen molar-refractivity contribution in [3.8, 4) is 5.88 Å². The van der Waals surface area contributed by atoms with Crippen molar-refractivity contribution < 1.29 is 14.3 Å². The van der Waals surface area contributed by atoms with E-state index in [4.69, 9.17) is 9.47 Å². The number of hydrogen-bond donors (Lipinski definition) is 1. The lowest BCUT2D eigenvalue weighted by molar-refractivity contribution is -0.116. The second-order valence-corrected chi connectivity index (χ2v) is 4.28. The molecule has 5 heteroatoms. The number of nitrogens with zero attached hydrogens (tertiary/aromatic N) is 1. The first-order valence-corrected chi connectivity index (χ1v) is 6.20. The van der Waals surface area contributed by atoms with Crippen molar-refractivity contribution >= 4 is 11.6 Å². The third kappa shape index (κ3) is 3.43. The standard InChI is InChI=1S/C13H18N2O3/c1-17-13-11(5-2-8-14-13)15-12(16)7-6-10-4-3-9-18-10/h2,5,8,10H,3-4,6-7,9H2,1H3,(H,15,16). The van der Waals surface area contributed by atoms with E-state index in [0.29, 0.717) is 18.0 Å². The number of aromatic nitrogens is 1. The molecule has 0 bridgehead atoms. The molecule has 1 unspecified atom stereocenters. The van der Waals surface area contributed by atoms with Gasteiger partial charge in [-0.15, -0.1) is 0 Å². The lowest BCUT2D eigenvalue weighted by atomic mass is 10.1. The molecule has 2 heterocycles. The number of ether oxygens (including phenoxy) is 2. The first-order valence-electron chi connectivity index (χ1n) is 6.20. The molecule has 1 aromatic heterocycles. The number of amides is 1. The highest BCUT2D eigenvalue weighted by Gasteiger charge is 2.17. The first kappa shape index (κ1) is 12.8. The summed E-state index contributed by atoms with van der Waals surface area (Å²) in [5.41, 5.74) is 0.609. The molecule has 0 saturated carbocycles. The largest absolute Gasteiger partial charge is 0.480 e. The monoisotopic (exact) mass is 250 g/mol. The smallest absolute Gasteiger partial charge is 0.237 e. The van der Waals surface area contributed by atoms with Gasteiger partial charge in [-0.25, -0.2) is 4.98 Å². The number of carbonyl (C=O) groups excluding carboxylic acids is 1. The number of rotatable bonds is 5. The molecule has 0 aromatic carbocycles. The number of hydrogen-bond acceptors (Lipinski definition) is 4. The summed E-state index contributed by atoms with van der Waals surface area (Å²) in [6, 6.07) is 3.54. The number of pyridine rings is 1. The maximum Gasteiger partial charge on any atom is 0.237 e. The number of nitrogens with one attached hydrogen (secondary N) is 1. The van der Waals surface area contributed by atoms with Gasteiger partial charge < -0.3 is 14.8 Å². The van der Waals surface area contributed by atoms with Gasteiger partial charge >= 0.3 is 0 Å². The van der Waals surface area contributed by atoms with E-state index in [-0.39, 0.29) is 12.0 Å². The van der Waals surface area contributed by atoms with Crippen LogP contribution in [0.25, 0.3) is 0 Å². The van der Waals surface area contributed by atoms with Crippen LogP contribution in [0.4, 0.5) is 5.69 Å². The minimum atomic E-state index is -0.0307. The van der Waals surface area contributed by atoms with Crippen LogP contribution in [0.15, 0.2) is 18.3 Å². The second kappa shape index (κ2) is 6.35. The Labute approximate surface area is 107 Å². The Kier molecular flexibility index (Phi) is 4.52. The molecule has 98 valence electrons. The summed E-state index contributed by atoms with van der Waals surface area (Å²) in [5.74, 6) is 0.403. The Hall–Kier alpha value is -1.62. The van der Waals surface area contributed by atoms with Gasteiger partial charge in [0.2, 0.25) is 11.8 Å². The van der Waals surface area contributed by atoms with Gasteiger partial charge in [0.15, 0.2) is 0 Å². The van der Waals surface area contributed by atoms with Crippen LogP contribution in [-0.4, -0.2) is 30.7 Å². The van der Waals surface area contributed by atoms with E-state index in [1.807, 2.05) is 0 Å². The fourth-order valence-electron chi connectivity index (χ4n) is 2.03. The highest BCUT2D eigenvalue weighted by atomic mass is 16.5. The molecule has 1 aliphatic rings. The predicted octanol–water partition coefficient (Wildman–Crippen LogP) is 1.99. The summed E-state index contributed by atoms with van der Waals surface area (Å²) in [6.07, 6.45) is 5.26. The molecule has 0 radical (unpaired) electrons. The van der Waals surface area contributed by atoms with E-state index in [1.165, 1.54) is 7.11 Å². The minimum Gasteiger partial charge on any atom is -0.480 e. The number of anilines is 1. The minimum absolute atomic E-state index is 0.0307. The third-order valence-electron chi connectivity index (χ3n) is 2.96. The van der Waals surface area contributed by atoms with Gasteiger partial charge in [-0.2, -0.15) is 0 Å². The van der Waals surface area contributed by atoms with E-state index in [0.717, 1.165) is 25.9 Å². The predicted molar refractivity (Wildman–Crippen MR) is 67.6 cm³/mol. The molecule has 2 rings (SSSR count). The molecule has 0 spiro atoms. The van der Waals surface area contributed by atoms with E-state index in [1.54, 1.807) is 18.3 Å². The van der Waals surface area contributed by atoms with Crippen molar-refractivity contribution in [1.29, 1.82) is 0 Å². The quantitative estimate of drug-likeness (QED) is 0.868. The molecule has 1 aromatic rings. The summed E-state index contributed by atoms with van der Waals surface area (Å²) in [5, 5.41) is 2.80. The zero-order chi connectivity index (χ0) is 12.8. The Morgan fingerprint density at radius 2 is 2.56 bits per heavy atom. The van der Waals surface area contributed by atoms with Crippen LogP contribution in [0, 0.1) is 0 Å². The van der Waals surface area contributed by atoms with Gasteiger partial charge in [0, 0.05) is 19.2 Å². The molecular weight excluding hydrogens is 232 g/mol. The second-order valence-electron chi connectivity index (χ2n) is 4.28. The molecule has 1 saturated heterocycles. The molecule has 1 N–H and O–H groups in total. The van der Waals surface area contributed by atoms with E-state index in [2.05, 4.69) is 10.3 Å². The summed E-state index contributed by atoms with van der Waals surface area (Å²) in [4.78, 5) is 15.8. The first-order chi connectivity index (χ1) is 8.79. The molecule has 1 fully saturated rings. The molecule has 1 aliphatic heterocycles. The maximum atomic E-state index is 11.8. The van der Waals surface area contributed by atoms with Crippen molar-refractivity contribution in [2.24, 2.45) is 0 Å². The van der Waals surface area contributed by atoms with Crippen molar-refractivity contribution in [3.05, 3.63) is 18.3 Å². The average molecular weight is 250 g/mol. The SMILES string of the molecule is COc1ncccc1NC(=O)CCC1CCCO1. The Balaban J connectivity index is 1.82. The highest BCUT2D eigenvalue weighted by molar-refractivity contribution is 5.91. The van der Waals surface area contributed by atoms with Gasteiger partial charge in [-0.1, -0.05) is 0 Å². The summed E-state index contributed by atoms with van der Waals surface area (Å²) in [6.45, 7) is 0.822. The highest BCUT2D eigenvalue weighted by Crippen LogP contribution is 2.21. The van der Waals surface area contributed by atoms with Gasteiger partial charge in [-0.05, 0) is 31.4 Å². The van der Waals surface area contributed by atoms with E-state index in [9.17, 15) is 4.79 Å². The zero-order valence-electron chi connectivity index (χ0n) is 10.5. The van der Waals surface area contributed by atoms with Gasteiger partial charge in [0.1, 0.15) is 5.69 Å². The summed E-state index contributed by atoms with van der Waals surface area (Å²) >= 11 is 0. The van der Waals surface area contributed by atoms with Gasteiger partial charge in [0.25, 0.3) is 0 Å². The Morgan fingerprint density at radius 3 is 3.28 bits per heavy atom. The molecule has 18 heavy (non-hydrogen) atoms. The molecule has 0 aliphatic carbocycles. The van der Waals surface area contributed by atoms with Crippen LogP contribution in [0.5, 0.6) is 5.88 Å². The number of methoxy groups -OCH3 is 1. The molecule has 1 atom stereocenters. The summed E-state index contributed by atoms with van der Waals surface area (Å²) < 4.78 is 10.6. The Bertz CT molecular complexity index is 403. The lowest BCUT2D eigenvalue weighted by Crippen LogP contribution is -2.15. The van der Waals surface area contributed by atoms with Crippen molar-refractivity contribution in [2.75, 3.05) is 19.0 Å². The summed E-state index contributed by atoms with van der Waals surface area (Å²) in [7, 11) is 1.53. The van der Waals surface area contributed by atoms with E-state index >= 15 is 0 Å². The topological polar surface area (TPSA) is 60.5 Å². The maximum absolute atomic E-state index is 11.8. The van der Waals surface area contributed by atoms with Gasteiger partial charge in [-0.3, -0.25) is 4.79 Å². The normalized spacial score (nSPS) is 18.6. The van der Waals surface area contributed by atoms with Crippen LogP contribution in [0.1, 0.15) is 25.7 Å². The molecule has 5 nitrogen and oxygen atoms in total. The Morgan fingerprint density at radius 1 is 1.67 bits per heavy atom. The van der Waals surface area contributed by atoms with Crippen LogP contribution in [0.2, 0.25) is 0 Å². The lowest BCUT2D eigenvalue weighted by Gasteiger charge is -2.10. The average Bonchev–Trinajstić information content (AvgIpc) is 2.90. The fourth-order valence-corrected chi connectivity index (χ4v) is 2.03. The van der Waals surface area contributed by atoms with Gasteiger partial charge in [0.05, 0.1) is 13.2 Å². The number of carbonyl (C=O) groups is 1. The van der Waals surface area contributed by atoms with Crippen LogP contribution in [0.3, 0.4) is 0 Å². The molecular formula is C13H18N2O3. The van der Waals surface area contributed by atoms with Crippen LogP contribution < -0.4 is 10.1 Å². The van der Waals surface area contributed by atoms with E-state index < -0.39 is 0 Å². The zero-order valence-corrected chi connectivity index (χ0v) is 10.5. The van der Waals surface area contributed by atoms with Crippen molar-refractivity contribution in [1.82, 2.24) is 4.98 Å². The third-order valence-corrected chi connectivity index (χ3v) is 2.96.